The van der Waals surface area contributed by atoms with Crippen LogP contribution in [0.1, 0.15) is 30.1 Å². The summed E-state index contributed by atoms with van der Waals surface area (Å²) in [4.78, 5) is 19.6. The smallest absolute Gasteiger partial charge is 0.147 e. The Hall–Kier alpha value is -2.04. The lowest BCUT2D eigenvalue weighted by Crippen LogP contribution is -2.35. The first-order valence-electron chi connectivity index (χ1n) is 6.62. The standard InChI is InChI=1S/C14H17N5/c1-11-7-16-8-13(18-11)12-3-2-6-19(10-12)14-9-15-4-5-17-14/h4-5,7-9,12H,2-3,6,10H2,1H3/t12-/m1/s1. The van der Waals surface area contributed by atoms with E-state index >= 15 is 0 Å². The van der Waals surface area contributed by atoms with Gasteiger partial charge in [0.05, 0.1) is 17.6 Å². The molecule has 0 saturated carbocycles. The Morgan fingerprint density at radius 3 is 2.89 bits per heavy atom. The van der Waals surface area contributed by atoms with E-state index in [1.807, 2.05) is 19.3 Å². The molecule has 5 nitrogen and oxygen atoms in total. The molecular weight excluding hydrogens is 238 g/mol. The molecule has 1 saturated heterocycles. The summed E-state index contributed by atoms with van der Waals surface area (Å²) in [5, 5.41) is 0. The first-order valence-corrected chi connectivity index (χ1v) is 6.62. The molecule has 0 unspecified atom stereocenters. The van der Waals surface area contributed by atoms with Crippen molar-refractivity contribution in [2.45, 2.75) is 25.7 Å². The summed E-state index contributed by atoms with van der Waals surface area (Å²) in [5.74, 6) is 1.39. The van der Waals surface area contributed by atoms with Gasteiger partial charge in [0.2, 0.25) is 0 Å². The molecule has 0 radical (unpaired) electrons. The predicted molar refractivity (Wildman–Crippen MR) is 73.0 cm³/mol. The molecule has 1 atom stereocenters. The van der Waals surface area contributed by atoms with Gasteiger partial charge < -0.3 is 4.90 Å². The summed E-state index contributed by atoms with van der Waals surface area (Å²) < 4.78 is 0. The maximum Gasteiger partial charge on any atom is 0.147 e. The molecule has 1 fully saturated rings. The normalized spacial score (nSPS) is 19.4. The van der Waals surface area contributed by atoms with Crippen molar-refractivity contribution in [2.24, 2.45) is 0 Å². The zero-order chi connectivity index (χ0) is 13.1. The van der Waals surface area contributed by atoms with E-state index in [-0.39, 0.29) is 0 Å². The Balaban J connectivity index is 1.78. The highest BCUT2D eigenvalue weighted by Gasteiger charge is 2.23. The minimum atomic E-state index is 0.433. The van der Waals surface area contributed by atoms with Gasteiger partial charge in [-0.3, -0.25) is 15.0 Å². The minimum absolute atomic E-state index is 0.433. The lowest BCUT2D eigenvalue weighted by atomic mass is 9.95. The maximum atomic E-state index is 4.60. The zero-order valence-corrected chi connectivity index (χ0v) is 11.0. The summed E-state index contributed by atoms with van der Waals surface area (Å²) in [6.07, 6.45) is 11.3. The van der Waals surface area contributed by atoms with Crippen molar-refractivity contribution in [1.29, 1.82) is 0 Å². The van der Waals surface area contributed by atoms with E-state index in [0.717, 1.165) is 43.1 Å². The van der Waals surface area contributed by atoms with Gasteiger partial charge in [-0.05, 0) is 19.8 Å². The van der Waals surface area contributed by atoms with Crippen LogP contribution < -0.4 is 4.90 Å². The van der Waals surface area contributed by atoms with Crippen LogP contribution in [-0.4, -0.2) is 33.0 Å². The van der Waals surface area contributed by atoms with E-state index in [1.165, 1.54) is 0 Å². The second kappa shape index (κ2) is 5.30. The number of aryl methyl sites for hydroxylation is 1. The Bertz CT molecular complexity index is 543. The van der Waals surface area contributed by atoms with E-state index in [1.54, 1.807) is 18.6 Å². The SMILES string of the molecule is Cc1cncc([C@@H]2CCCN(c3cnccn3)C2)n1. The summed E-state index contributed by atoms with van der Waals surface area (Å²) in [7, 11) is 0. The number of hydrogen-bond acceptors (Lipinski definition) is 5. The van der Waals surface area contributed by atoms with Crippen molar-refractivity contribution in [2.75, 3.05) is 18.0 Å². The third kappa shape index (κ3) is 2.70. The topological polar surface area (TPSA) is 54.8 Å². The van der Waals surface area contributed by atoms with Crippen LogP contribution in [0.5, 0.6) is 0 Å². The Morgan fingerprint density at radius 1 is 1.16 bits per heavy atom. The molecule has 98 valence electrons. The molecule has 0 spiro atoms. The van der Waals surface area contributed by atoms with E-state index in [9.17, 15) is 0 Å². The van der Waals surface area contributed by atoms with Crippen molar-refractivity contribution in [1.82, 2.24) is 19.9 Å². The molecular formula is C14H17N5. The van der Waals surface area contributed by atoms with Gasteiger partial charge in [0.15, 0.2) is 0 Å². The minimum Gasteiger partial charge on any atom is -0.355 e. The van der Waals surface area contributed by atoms with Gasteiger partial charge in [0, 0.05) is 43.8 Å². The van der Waals surface area contributed by atoms with Crippen LogP contribution in [0.25, 0.3) is 0 Å². The molecule has 2 aromatic rings. The van der Waals surface area contributed by atoms with Crippen molar-refractivity contribution in [3.8, 4) is 0 Å². The Morgan fingerprint density at radius 2 is 2.11 bits per heavy atom. The number of rotatable bonds is 2. The van der Waals surface area contributed by atoms with Crippen LogP contribution >= 0.6 is 0 Å². The van der Waals surface area contributed by atoms with Crippen LogP contribution in [-0.2, 0) is 0 Å². The van der Waals surface area contributed by atoms with Gasteiger partial charge in [-0.2, -0.15) is 0 Å². The second-order valence-corrected chi connectivity index (χ2v) is 4.93. The molecule has 3 heterocycles. The number of piperidine rings is 1. The first kappa shape index (κ1) is 12.0. The Labute approximate surface area is 112 Å². The van der Waals surface area contributed by atoms with Gasteiger partial charge >= 0.3 is 0 Å². The fourth-order valence-electron chi connectivity index (χ4n) is 2.56. The quantitative estimate of drug-likeness (QED) is 0.821. The van der Waals surface area contributed by atoms with Crippen molar-refractivity contribution < 1.29 is 0 Å². The van der Waals surface area contributed by atoms with E-state index in [4.69, 9.17) is 0 Å². The molecule has 5 heteroatoms. The molecule has 0 bridgehead atoms. The monoisotopic (exact) mass is 255 g/mol. The maximum absolute atomic E-state index is 4.60. The fourth-order valence-corrected chi connectivity index (χ4v) is 2.56. The predicted octanol–water partition coefficient (Wildman–Crippen LogP) is 1.96. The van der Waals surface area contributed by atoms with Crippen LogP contribution in [0.15, 0.2) is 31.0 Å². The Kier molecular flexibility index (Phi) is 3.35. The molecule has 1 aliphatic rings. The zero-order valence-electron chi connectivity index (χ0n) is 11.0. The van der Waals surface area contributed by atoms with E-state index < -0.39 is 0 Å². The van der Waals surface area contributed by atoms with Crippen LogP contribution in [0.3, 0.4) is 0 Å². The highest BCUT2D eigenvalue weighted by Crippen LogP contribution is 2.27. The molecule has 0 aromatic carbocycles. The average molecular weight is 255 g/mol. The molecule has 3 rings (SSSR count). The van der Waals surface area contributed by atoms with E-state index in [2.05, 4.69) is 24.8 Å². The summed E-state index contributed by atoms with van der Waals surface area (Å²) >= 11 is 0. The molecule has 1 aliphatic heterocycles. The number of anilines is 1. The van der Waals surface area contributed by atoms with Gasteiger partial charge in [0.1, 0.15) is 5.82 Å². The molecule has 0 N–H and O–H groups in total. The number of nitrogens with zero attached hydrogens (tertiary/aromatic N) is 5. The fraction of sp³-hybridized carbons (Fsp3) is 0.429. The summed E-state index contributed by atoms with van der Waals surface area (Å²) in [6.45, 7) is 3.96. The van der Waals surface area contributed by atoms with Crippen LogP contribution in [0.4, 0.5) is 5.82 Å². The molecule has 19 heavy (non-hydrogen) atoms. The third-order valence-electron chi connectivity index (χ3n) is 3.49. The van der Waals surface area contributed by atoms with Crippen molar-refractivity contribution in [3.63, 3.8) is 0 Å². The molecule has 0 aliphatic carbocycles. The number of hydrogen-bond donors (Lipinski definition) is 0. The number of aromatic nitrogens is 4. The summed E-state index contributed by atoms with van der Waals surface area (Å²) in [5.41, 5.74) is 2.07. The highest BCUT2D eigenvalue weighted by molar-refractivity contribution is 5.36. The largest absolute Gasteiger partial charge is 0.355 e. The van der Waals surface area contributed by atoms with Gasteiger partial charge in [0.25, 0.3) is 0 Å². The summed E-state index contributed by atoms with van der Waals surface area (Å²) in [6, 6.07) is 0. The van der Waals surface area contributed by atoms with Gasteiger partial charge in [-0.25, -0.2) is 4.98 Å². The van der Waals surface area contributed by atoms with Gasteiger partial charge in [-0.1, -0.05) is 0 Å². The second-order valence-electron chi connectivity index (χ2n) is 4.93. The van der Waals surface area contributed by atoms with Crippen molar-refractivity contribution >= 4 is 5.82 Å². The lowest BCUT2D eigenvalue weighted by molar-refractivity contribution is 0.496. The third-order valence-corrected chi connectivity index (χ3v) is 3.49. The highest BCUT2D eigenvalue weighted by atomic mass is 15.2. The molecule has 2 aromatic heterocycles. The van der Waals surface area contributed by atoms with Crippen LogP contribution in [0, 0.1) is 6.92 Å². The first-order chi connectivity index (χ1) is 9.33. The van der Waals surface area contributed by atoms with Gasteiger partial charge in [-0.15, -0.1) is 0 Å². The average Bonchev–Trinajstić information content (AvgIpc) is 2.48. The van der Waals surface area contributed by atoms with Crippen LogP contribution in [0.2, 0.25) is 0 Å². The van der Waals surface area contributed by atoms with Crippen molar-refractivity contribution in [3.05, 3.63) is 42.4 Å². The van der Waals surface area contributed by atoms with E-state index in [0.29, 0.717) is 5.92 Å². The lowest BCUT2D eigenvalue weighted by Gasteiger charge is -2.32. The molecule has 0 amide bonds.